The van der Waals surface area contributed by atoms with Crippen molar-refractivity contribution < 1.29 is 4.39 Å². The summed E-state index contributed by atoms with van der Waals surface area (Å²) in [6.45, 7) is 1.63. The second kappa shape index (κ2) is 9.75. The number of benzene rings is 1. The van der Waals surface area contributed by atoms with Crippen LogP contribution in [-0.4, -0.2) is 33.3 Å². The van der Waals surface area contributed by atoms with Gasteiger partial charge < -0.3 is 10.6 Å². The second-order valence-corrected chi connectivity index (χ2v) is 8.53. The van der Waals surface area contributed by atoms with Crippen LogP contribution in [0.15, 0.2) is 67.1 Å². The molecule has 4 heterocycles. The molecule has 34 heavy (non-hydrogen) atoms. The van der Waals surface area contributed by atoms with Crippen LogP contribution in [0.5, 0.6) is 0 Å². The summed E-state index contributed by atoms with van der Waals surface area (Å²) >= 11 is 6.18. The number of allylic oxidation sites excluding steroid dienone is 2. The predicted molar refractivity (Wildman–Crippen MR) is 134 cm³/mol. The zero-order valence-corrected chi connectivity index (χ0v) is 19.5. The topological polar surface area (TPSA) is 67.7 Å². The Morgan fingerprint density at radius 1 is 1.12 bits per heavy atom. The van der Waals surface area contributed by atoms with Crippen LogP contribution in [0, 0.1) is 5.82 Å². The zero-order chi connectivity index (χ0) is 23.5. The van der Waals surface area contributed by atoms with Gasteiger partial charge in [-0.05, 0) is 68.6 Å². The molecule has 0 fully saturated rings. The maximum absolute atomic E-state index is 14.7. The maximum Gasteiger partial charge on any atom is 0.132 e. The summed E-state index contributed by atoms with van der Waals surface area (Å²) in [7, 11) is 1.92. The lowest BCUT2D eigenvalue weighted by atomic mass is 9.99. The highest BCUT2D eigenvalue weighted by atomic mass is 35.5. The monoisotopic (exact) mass is 474 g/mol. The Morgan fingerprint density at radius 2 is 2.03 bits per heavy atom. The summed E-state index contributed by atoms with van der Waals surface area (Å²) in [4.78, 5) is 9.51. The molecule has 0 bridgehead atoms. The summed E-state index contributed by atoms with van der Waals surface area (Å²) in [5, 5.41) is 11.5. The van der Waals surface area contributed by atoms with Gasteiger partial charge in [0, 0.05) is 40.7 Å². The molecule has 0 radical (unpaired) electrons. The lowest BCUT2D eigenvalue weighted by Gasteiger charge is -2.15. The summed E-state index contributed by atoms with van der Waals surface area (Å²) in [6, 6.07) is 12.4. The molecule has 6 nitrogen and oxygen atoms in total. The third-order valence-electron chi connectivity index (χ3n) is 5.78. The first kappa shape index (κ1) is 22.3. The van der Waals surface area contributed by atoms with E-state index in [-0.39, 0.29) is 5.82 Å². The Bertz CT molecular complexity index is 1410. The number of pyridine rings is 2. The van der Waals surface area contributed by atoms with Crippen molar-refractivity contribution in [1.29, 1.82) is 0 Å². The van der Waals surface area contributed by atoms with Gasteiger partial charge in [0.25, 0.3) is 0 Å². The third-order valence-corrected chi connectivity index (χ3v) is 6.02. The number of halogens is 2. The zero-order valence-electron chi connectivity index (χ0n) is 18.7. The number of rotatable bonds is 6. The van der Waals surface area contributed by atoms with E-state index in [0.717, 1.165) is 53.1 Å². The standard InChI is InChI=1S/C26H24ClFN6/c1-29-11-13-34-12-9-22(33-34)17-14-25-24(31-16-17)8-7-23(32-25)19-4-2-3-10-30-26(19)20-15-18(27)5-6-21(20)28/h3,5-10,12,14-16,29-30H,2,4,11,13H2,1H3. The van der Waals surface area contributed by atoms with Gasteiger partial charge in [0.2, 0.25) is 0 Å². The SMILES string of the molecule is CNCCn1ccc(-c2cnc3ccc(C4=C(c5cc(Cl)ccc5F)NC=CCC4)nc3c2)n1. The number of hydrogen-bond acceptors (Lipinski definition) is 5. The molecular weight excluding hydrogens is 451 g/mol. The van der Waals surface area contributed by atoms with E-state index in [4.69, 9.17) is 16.6 Å². The van der Waals surface area contributed by atoms with Gasteiger partial charge in [-0.25, -0.2) is 9.37 Å². The van der Waals surface area contributed by atoms with Crippen molar-refractivity contribution in [3.8, 4) is 11.3 Å². The van der Waals surface area contributed by atoms with Crippen molar-refractivity contribution >= 4 is 33.9 Å². The molecule has 0 atom stereocenters. The minimum atomic E-state index is -0.335. The molecule has 0 unspecified atom stereocenters. The van der Waals surface area contributed by atoms with Gasteiger partial charge >= 0.3 is 0 Å². The lowest BCUT2D eigenvalue weighted by molar-refractivity contribution is 0.586. The first-order chi connectivity index (χ1) is 16.6. The van der Waals surface area contributed by atoms with Gasteiger partial charge in [-0.3, -0.25) is 9.67 Å². The highest BCUT2D eigenvalue weighted by molar-refractivity contribution is 6.30. The van der Waals surface area contributed by atoms with Gasteiger partial charge in [-0.2, -0.15) is 5.10 Å². The van der Waals surface area contributed by atoms with Crippen LogP contribution in [0.25, 0.3) is 33.6 Å². The number of aromatic nitrogens is 4. The van der Waals surface area contributed by atoms with E-state index in [1.54, 1.807) is 12.1 Å². The lowest BCUT2D eigenvalue weighted by Crippen LogP contribution is -2.15. The Labute approximate surface area is 202 Å². The highest BCUT2D eigenvalue weighted by Gasteiger charge is 2.18. The van der Waals surface area contributed by atoms with Gasteiger partial charge in [0.05, 0.1) is 34.7 Å². The largest absolute Gasteiger partial charge is 0.361 e. The van der Waals surface area contributed by atoms with Crippen molar-refractivity contribution in [2.75, 3.05) is 13.6 Å². The number of hydrogen-bond donors (Lipinski definition) is 2. The minimum Gasteiger partial charge on any atom is -0.361 e. The van der Waals surface area contributed by atoms with Crippen LogP contribution in [-0.2, 0) is 6.54 Å². The van der Waals surface area contributed by atoms with Crippen molar-refractivity contribution in [3.05, 3.63) is 89.2 Å². The third kappa shape index (κ3) is 4.58. The molecule has 172 valence electrons. The van der Waals surface area contributed by atoms with Crippen molar-refractivity contribution in [3.63, 3.8) is 0 Å². The van der Waals surface area contributed by atoms with Gasteiger partial charge in [-0.15, -0.1) is 0 Å². The van der Waals surface area contributed by atoms with E-state index in [0.29, 0.717) is 22.7 Å². The number of fused-ring (bicyclic) bond motifs is 1. The molecule has 1 aliphatic heterocycles. The number of nitrogens with one attached hydrogen (secondary N) is 2. The molecule has 3 aromatic heterocycles. The fraction of sp³-hybridized carbons (Fsp3) is 0.192. The Hall–Kier alpha value is -3.55. The summed E-state index contributed by atoms with van der Waals surface area (Å²) < 4.78 is 16.7. The molecule has 2 N–H and O–H groups in total. The quantitative estimate of drug-likeness (QED) is 0.398. The molecular formula is C26H24ClFN6. The van der Waals surface area contributed by atoms with E-state index in [1.165, 1.54) is 6.07 Å². The Kier molecular flexibility index (Phi) is 6.38. The fourth-order valence-corrected chi connectivity index (χ4v) is 4.20. The predicted octanol–water partition coefficient (Wildman–Crippen LogP) is 5.27. The minimum absolute atomic E-state index is 0.335. The Morgan fingerprint density at radius 3 is 2.91 bits per heavy atom. The molecule has 5 rings (SSSR count). The van der Waals surface area contributed by atoms with Crippen LogP contribution >= 0.6 is 11.6 Å². The van der Waals surface area contributed by atoms with Crippen LogP contribution in [0.3, 0.4) is 0 Å². The molecule has 0 spiro atoms. The summed E-state index contributed by atoms with van der Waals surface area (Å²) in [5.41, 5.74) is 6.10. The van der Waals surface area contributed by atoms with Gasteiger partial charge in [0.1, 0.15) is 5.82 Å². The van der Waals surface area contributed by atoms with Crippen molar-refractivity contribution in [2.45, 2.75) is 19.4 Å². The maximum atomic E-state index is 14.7. The van der Waals surface area contributed by atoms with Gasteiger partial charge in [-0.1, -0.05) is 17.7 Å². The molecule has 8 heteroatoms. The average molecular weight is 475 g/mol. The van der Waals surface area contributed by atoms with E-state index < -0.39 is 0 Å². The van der Waals surface area contributed by atoms with Crippen LogP contribution in [0.4, 0.5) is 4.39 Å². The van der Waals surface area contributed by atoms with E-state index in [1.807, 2.05) is 60.7 Å². The van der Waals surface area contributed by atoms with Crippen LogP contribution in [0.1, 0.15) is 24.1 Å². The van der Waals surface area contributed by atoms with Gasteiger partial charge in [0.15, 0.2) is 0 Å². The first-order valence-corrected chi connectivity index (χ1v) is 11.6. The van der Waals surface area contributed by atoms with Crippen LogP contribution < -0.4 is 10.6 Å². The molecule has 4 aromatic rings. The first-order valence-electron chi connectivity index (χ1n) is 11.2. The van der Waals surface area contributed by atoms with Crippen molar-refractivity contribution in [2.24, 2.45) is 0 Å². The van der Waals surface area contributed by atoms with Crippen molar-refractivity contribution in [1.82, 2.24) is 30.4 Å². The van der Waals surface area contributed by atoms with E-state index in [9.17, 15) is 4.39 Å². The second-order valence-electron chi connectivity index (χ2n) is 8.09. The fourth-order valence-electron chi connectivity index (χ4n) is 4.03. The summed E-state index contributed by atoms with van der Waals surface area (Å²) in [5.74, 6) is -0.335. The molecule has 1 aromatic carbocycles. The Balaban J connectivity index is 1.57. The van der Waals surface area contributed by atoms with E-state index >= 15 is 0 Å². The number of likely N-dealkylation sites (N-methyl/N-ethyl adjacent to an activating group) is 1. The number of nitrogens with zero attached hydrogens (tertiary/aromatic N) is 4. The van der Waals surface area contributed by atoms with E-state index in [2.05, 4.69) is 20.7 Å². The molecule has 0 saturated heterocycles. The molecule has 0 amide bonds. The molecule has 1 aliphatic rings. The smallest absolute Gasteiger partial charge is 0.132 e. The summed E-state index contributed by atoms with van der Waals surface area (Å²) in [6.07, 6.45) is 9.18. The highest BCUT2D eigenvalue weighted by Crippen LogP contribution is 2.33. The van der Waals surface area contributed by atoms with Crippen LogP contribution in [0.2, 0.25) is 5.02 Å². The normalized spacial score (nSPS) is 13.9. The molecule has 0 saturated carbocycles. The molecule has 0 aliphatic carbocycles. The average Bonchev–Trinajstić information content (AvgIpc) is 3.20.